The first-order valence-electron chi connectivity index (χ1n) is 11.0. The number of nitrogens with one attached hydrogen (secondary N) is 1. The molecule has 1 N–H and O–H groups in total. The van der Waals surface area contributed by atoms with Crippen molar-refractivity contribution in [2.24, 2.45) is 0 Å². The van der Waals surface area contributed by atoms with Crippen molar-refractivity contribution in [1.82, 2.24) is 14.1 Å². The molecule has 0 bridgehead atoms. The van der Waals surface area contributed by atoms with Crippen LogP contribution in [0.1, 0.15) is 27.3 Å². The Balaban J connectivity index is 1.60. The summed E-state index contributed by atoms with van der Waals surface area (Å²) in [5.41, 5.74) is 3.22. The Morgan fingerprint density at radius 3 is 2.50 bits per heavy atom. The maximum Gasteiger partial charge on any atom is 0.259 e. The number of rotatable bonds is 7. The summed E-state index contributed by atoms with van der Waals surface area (Å²) in [4.78, 5) is 13.2. The van der Waals surface area contributed by atoms with Gasteiger partial charge in [-0.1, -0.05) is 30.3 Å². The number of morpholine rings is 1. The number of nitrogens with zero attached hydrogens (tertiary/aromatic N) is 3. The first kappa shape index (κ1) is 23.9. The minimum absolute atomic E-state index is 0.00270. The minimum atomic E-state index is -3.81. The second kappa shape index (κ2) is 9.96. The van der Waals surface area contributed by atoms with Crippen molar-refractivity contribution in [3.8, 4) is 5.75 Å². The number of aryl methyl sites for hydroxylation is 1. The molecule has 1 aliphatic rings. The van der Waals surface area contributed by atoms with Crippen LogP contribution in [-0.4, -0.2) is 61.8 Å². The molecule has 180 valence electrons. The second-order valence-electron chi connectivity index (χ2n) is 8.03. The van der Waals surface area contributed by atoms with Crippen LogP contribution in [0.2, 0.25) is 0 Å². The third-order valence-corrected chi connectivity index (χ3v) is 7.71. The third kappa shape index (κ3) is 4.84. The Morgan fingerprint density at radius 2 is 1.82 bits per heavy atom. The molecule has 1 aromatic heterocycles. The van der Waals surface area contributed by atoms with Crippen LogP contribution in [-0.2, 0) is 21.3 Å². The van der Waals surface area contributed by atoms with E-state index in [-0.39, 0.29) is 29.6 Å². The number of amides is 1. The average Bonchev–Trinajstić information content (AvgIpc) is 3.12. The van der Waals surface area contributed by atoms with Crippen LogP contribution in [0.5, 0.6) is 5.75 Å². The summed E-state index contributed by atoms with van der Waals surface area (Å²) in [6.07, 6.45) is 0. The van der Waals surface area contributed by atoms with Crippen molar-refractivity contribution in [2.75, 3.05) is 38.7 Å². The minimum Gasteiger partial charge on any atom is -0.495 e. The highest BCUT2D eigenvalue weighted by atomic mass is 32.2. The highest BCUT2D eigenvalue weighted by molar-refractivity contribution is 7.89. The van der Waals surface area contributed by atoms with Crippen molar-refractivity contribution in [3.63, 3.8) is 0 Å². The second-order valence-corrected chi connectivity index (χ2v) is 9.93. The van der Waals surface area contributed by atoms with Crippen molar-refractivity contribution in [2.45, 2.75) is 25.3 Å². The van der Waals surface area contributed by atoms with Crippen LogP contribution in [0.3, 0.4) is 0 Å². The number of benzene rings is 2. The summed E-state index contributed by atoms with van der Waals surface area (Å²) in [5, 5.41) is 7.36. The van der Waals surface area contributed by atoms with E-state index >= 15 is 0 Å². The van der Waals surface area contributed by atoms with Crippen LogP contribution < -0.4 is 10.1 Å². The molecule has 1 aliphatic heterocycles. The molecule has 0 atom stereocenters. The zero-order chi connectivity index (χ0) is 24.3. The fourth-order valence-corrected chi connectivity index (χ4v) is 5.60. The fourth-order valence-electron chi connectivity index (χ4n) is 4.01. The largest absolute Gasteiger partial charge is 0.495 e. The highest BCUT2D eigenvalue weighted by Gasteiger charge is 2.30. The van der Waals surface area contributed by atoms with E-state index in [1.165, 1.54) is 17.5 Å². The number of hydrogen-bond donors (Lipinski definition) is 1. The standard InChI is InChI=1S/C24H28N4O5S/c1-17-23(18(2)28(26-17)16-19-7-5-4-6-8-19)24(29)25-20-9-10-21(32-3)22(15-20)34(30,31)27-11-13-33-14-12-27/h4-10,15H,11-14,16H2,1-3H3,(H,25,29). The van der Waals surface area contributed by atoms with Crippen molar-refractivity contribution < 1.29 is 22.7 Å². The number of carbonyl (C=O) groups excluding carboxylic acids is 1. The fraction of sp³-hybridized carbons (Fsp3) is 0.333. The predicted molar refractivity (Wildman–Crippen MR) is 128 cm³/mol. The van der Waals surface area contributed by atoms with Gasteiger partial charge < -0.3 is 14.8 Å². The van der Waals surface area contributed by atoms with Gasteiger partial charge in [-0.3, -0.25) is 9.48 Å². The molecule has 1 amide bonds. The van der Waals surface area contributed by atoms with Crippen LogP contribution in [0.25, 0.3) is 0 Å². The summed E-state index contributed by atoms with van der Waals surface area (Å²) in [5.74, 6) is -0.137. The van der Waals surface area contributed by atoms with Crippen LogP contribution in [0.4, 0.5) is 5.69 Å². The Bertz CT molecular complexity index is 1280. The Hall–Kier alpha value is -3.21. The lowest BCUT2D eigenvalue weighted by Crippen LogP contribution is -2.40. The number of hydrogen-bond acceptors (Lipinski definition) is 6. The molecule has 0 saturated carbocycles. The van der Waals surface area contributed by atoms with Gasteiger partial charge in [0.15, 0.2) is 0 Å². The van der Waals surface area contributed by atoms with Gasteiger partial charge in [0.1, 0.15) is 10.6 Å². The molecule has 0 radical (unpaired) electrons. The van der Waals surface area contributed by atoms with Crippen LogP contribution >= 0.6 is 0 Å². The number of sulfonamides is 1. The number of ether oxygens (including phenoxy) is 2. The topological polar surface area (TPSA) is 103 Å². The normalized spacial score (nSPS) is 14.7. The molecule has 4 rings (SSSR count). The molecular weight excluding hydrogens is 456 g/mol. The molecule has 0 unspecified atom stereocenters. The maximum absolute atomic E-state index is 13.2. The smallest absolute Gasteiger partial charge is 0.259 e. The average molecular weight is 485 g/mol. The van der Waals surface area contributed by atoms with E-state index in [4.69, 9.17) is 9.47 Å². The quantitative estimate of drug-likeness (QED) is 0.553. The van der Waals surface area contributed by atoms with Crippen LogP contribution in [0.15, 0.2) is 53.4 Å². The molecule has 0 spiro atoms. The lowest BCUT2D eigenvalue weighted by molar-refractivity contribution is 0.0729. The number of aromatic nitrogens is 2. The highest BCUT2D eigenvalue weighted by Crippen LogP contribution is 2.30. The molecule has 9 nitrogen and oxygen atoms in total. The summed E-state index contributed by atoms with van der Waals surface area (Å²) in [6, 6.07) is 14.5. The van der Waals surface area contributed by atoms with Gasteiger partial charge in [0.05, 0.1) is 38.1 Å². The summed E-state index contributed by atoms with van der Waals surface area (Å²) in [6.45, 7) is 5.38. The van der Waals surface area contributed by atoms with E-state index in [0.717, 1.165) is 11.3 Å². The summed E-state index contributed by atoms with van der Waals surface area (Å²) in [7, 11) is -2.40. The maximum atomic E-state index is 13.2. The molecule has 1 fully saturated rings. The van der Waals surface area contributed by atoms with E-state index in [1.807, 2.05) is 37.3 Å². The Morgan fingerprint density at radius 1 is 1.12 bits per heavy atom. The molecule has 10 heteroatoms. The van der Waals surface area contributed by atoms with E-state index < -0.39 is 10.0 Å². The van der Waals surface area contributed by atoms with Gasteiger partial charge >= 0.3 is 0 Å². The van der Waals surface area contributed by atoms with Gasteiger partial charge in [-0.2, -0.15) is 9.40 Å². The lowest BCUT2D eigenvalue weighted by Gasteiger charge is -2.26. The number of methoxy groups -OCH3 is 1. The van der Waals surface area contributed by atoms with E-state index in [0.29, 0.717) is 36.7 Å². The van der Waals surface area contributed by atoms with E-state index in [1.54, 1.807) is 23.7 Å². The van der Waals surface area contributed by atoms with Gasteiger partial charge in [0.25, 0.3) is 5.91 Å². The van der Waals surface area contributed by atoms with Gasteiger partial charge in [-0.25, -0.2) is 8.42 Å². The van der Waals surface area contributed by atoms with Crippen molar-refractivity contribution in [1.29, 1.82) is 0 Å². The molecule has 0 aliphatic carbocycles. The first-order chi connectivity index (χ1) is 16.3. The van der Waals surface area contributed by atoms with E-state index in [2.05, 4.69) is 10.4 Å². The van der Waals surface area contributed by atoms with Gasteiger partial charge in [0, 0.05) is 24.5 Å². The van der Waals surface area contributed by atoms with Crippen LogP contribution in [0, 0.1) is 13.8 Å². The molecule has 3 aromatic rings. The molecular formula is C24H28N4O5S. The van der Waals surface area contributed by atoms with Gasteiger partial charge in [-0.15, -0.1) is 0 Å². The lowest BCUT2D eigenvalue weighted by atomic mass is 10.1. The molecule has 2 aromatic carbocycles. The number of carbonyl (C=O) groups is 1. The van der Waals surface area contributed by atoms with Crippen molar-refractivity contribution in [3.05, 3.63) is 71.0 Å². The zero-order valence-corrected chi connectivity index (χ0v) is 20.3. The van der Waals surface area contributed by atoms with Crippen molar-refractivity contribution >= 4 is 21.6 Å². The summed E-state index contributed by atoms with van der Waals surface area (Å²) < 4.78 is 40.2. The predicted octanol–water partition coefficient (Wildman–Crippen LogP) is 2.83. The first-order valence-corrected chi connectivity index (χ1v) is 12.4. The Labute approximate surface area is 199 Å². The number of anilines is 1. The molecule has 1 saturated heterocycles. The zero-order valence-electron chi connectivity index (χ0n) is 19.4. The Kier molecular flexibility index (Phi) is 7.01. The van der Waals surface area contributed by atoms with Gasteiger partial charge in [0.2, 0.25) is 10.0 Å². The SMILES string of the molecule is COc1ccc(NC(=O)c2c(C)nn(Cc3ccccc3)c2C)cc1S(=O)(=O)N1CCOCC1. The molecule has 2 heterocycles. The third-order valence-electron chi connectivity index (χ3n) is 5.79. The molecule has 34 heavy (non-hydrogen) atoms. The van der Waals surface area contributed by atoms with Gasteiger partial charge in [-0.05, 0) is 37.6 Å². The monoisotopic (exact) mass is 484 g/mol. The summed E-state index contributed by atoms with van der Waals surface area (Å²) >= 11 is 0. The van der Waals surface area contributed by atoms with E-state index in [9.17, 15) is 13.2 Å².